The minimum absolute atomic E-state index is 0.105. The molecule has 0 spiro atoms. The summed E-state index contributed by atoms with van der Waals surface area (Å²) in [5.41, 5.74) is 4.49. The standard InChI is InChI=1S/C35H42N6O3/c1-5-6-7-8-15-35(2)23-30-29(24-39-35)33(38-25-37-30)41-19-17-40(18-20-41)31-22-27(12-13-32(31)44-4)34(42)36-16-14-26-10-9-11-28(21-26)43-3/h5-13,21-22,24-25H,14-20,23H2,1-4H3,(H,36,42). The summed E-state index contributed by atoms with van der Waals surface area (Å²) >= 11 is 0. The summed E-state index contributed by atoms with van der Waals surface area (Å²) in [7, 11) is 3.32. The molecule has 0 radical (unpaired) electrons. The van der Waals surface area contributed by atoms with Gasteiger partial charge in [0, 0.05) is 50.9 Å². The van der Waals surface area contributed by atoms with Gasteiger partial charge in [-0.25, -0.2) is 9.97 Å². The van der Waals surface area contributed by atoms with Gasteiger partial charge in [-0.15, -0.1) is 0 Å². The lowest BCUT2D eigenvalue weighted by atomic mass is 9.88. The Labute approximate surface area is 260 Å². The molecule has 1 saturated heterocycles. The van der Waals surface area contributed by atoms with Crippen LogP contribution < -0.4 is 24.6 Å². The lowest BCUT2D eigenvalue weighted by Gasteiger charge is -2.38. The molecule has 2 aliphatic heterocycles. The van der Waals surface area contributed by atoms with Crippen molar-refractivity contribution in [3.8, 4) is 11.5 Å². The molecule has 1 N–H and O–H groups in total. The van der Waals surface area contributed by atoms with Gasteiger partial charge in [0.1, 0.15) is 23.6 Å². The van der Waals surface area contributed by atoms with Gasteiger partial charge in [0.15, 0.2) is 0 Å². The van der Waals surface area contributed by atoms with Crippen LogP contribution in [0.15, 0.2) is 78.1 Å². The highest BCUT2D eigenvalue weighted by atomic mass is 16.5. The molecule has 3 heterocycles. The Morgan fingerprint density at radius 2 is 1.84 bits per heavy atom. The maximum absolute atomic E-state index is 13.1. The van der Waals surface area contributed by atoms with Crippen LogP contribution in [0, 0.1) is 0 Å². The first-order valence-corrected chi connectivity index (χ1v) is 15.2. The molecular formula is C35H42N6O3. The molecule has 1 amide bonds. The molecule has 2 aromatic carbocycles. The van der Waals surface area contributed by atoms with E-state index < -0.39 is 0 Å². The van der Waals surface area contributed by atoms with Crippen LogP contribution in [-0.2, 0) is 12.8 Å². The van der Waals surface area contributed by atoms with Crippen molar-refractivity contribution in [1.82, 2.24) is 15.3 Å². The summed E-state index contributed by atoms with van der Waals surface area (Å²) in [5, 5.41) is 3.05. The number of fused-ring (bicyclic) bond motifs is 1. The van der Waals surface area contributed by atoms with E-state index in [1.165, 1.54) is 0 Å². The fourth-order valence-electron chi connectivity index (χ4n) is 5.70. The van der Waals surface area contributed by atoms with E-state index in [2.05, 4.69) is 44.2 Å². The third kappa shape index (κ3) is 7.27. The van der Waals surface area contributed by atoms with Crippen LogP contribution in [0.5, 0.6) is 11.5 Å². The zero-order chi connectivity index (χ0) is 30.9. The normalized spacial score (nSPS) is 18.1. The highest BCUT2D eigenvalue weighted by molar-refractivity contribution is 5.95. The van der Waals surface area contributed by atoms with Gasteiger partial charge in [-0.1, -0.05) is 36.4 Å². The van der Waals surface area contributed by atoms with Crippen molar-refractivity contribution in [1.29, 1.82) is 0 Å². The van der Waals surface area contributed by atoms with Gasteiger partial charge < -0.3 is 24.6 Å². The lowest BCUT2D eigenvalue weighted by Crippen LogP contribution is -2.47. The Morgan fingerprint density at radius 3 is 2.61 bits per heavy atom. The molecule has 5 rings (SSSR count). The Morgan fingerprint density at radius 1 is 1.02 bits per heavy atom. The predicted octanol–water partition coefficient (Wildman–Crippen LogP) is 5.05. The molecular weight excluding hydrogens is 552 g/mol. The molecule has 0 aliphatic carbocycles. The molecule has 9 nitrogen and oxygen atoms in total. The van der Waals surface area contributed by atoms with Gasteiger partial charge in [-0.2, -0.15) is 0 Å². The van der Waals surface area contributed by atoms with Crippen molar-refractivity contribution in [3.63, 3.8) is 0 Å². The van der Waals surface area contributed by atoms with Gasteiger partial charge in [-0.05, 0) is 62.6 Å². The number of piperazine rings is 1. The maximum Gasteiger partial charge on any atom is 0.251 e. The van der Waals surface area contributed by atoms with Crippen LogP contribution >= 0.6 is 0 Å². The number of methoxy groups -OCH3 is 2. The Balaban J connectivity index is 1.22. The fraction of sp³-hybridized carbons (Fsp3) is 0.371. The van der Waals surface area contributed by atoms with Crippen LogP contribution in [0.25, 0.3) is 0 Å². The first-order valence-electron chi connectivity index (χ1n) is 15.2. The van der Waals surface area contributed by atoms with E-state index >= 15 is 0 Å². The number of amides is 1. The zero-order valence-corrected chi connectivity index (χ0v) is 26.1. The number of nitrogens with one attached hydrogen (secondary N) is 1. The van der Waals surface area contributed by atoms with Gasteiger partial charge in [-0.3, -0.25) is 9.79 Å². The summed E-state index contributed by atoms with van der Waals surface area (Å²) in [5.74, 6) is 2.39. The van der Waals surface area contributed by atoms with E-state index in [1.807, 2.05) is 67.8 Å². The van der Waals surface area contributed by atoms with E-state index in [4.69, 9.17) is 14.5 Å². The molecule has 1 fully saturated rings. The van der Waals surface area contributed by atoms with Crippen molar-refractivity contribution in [2.24, 2.45) is 4.99 Å². The number of allylic oxidation sites excluding steroid dienone is 3. The largest absolute Gasteiger partial charge is 0.497 e. The summed E-state index contributed by atoms with van der Waals surface area (Å²) < 4.78 is 11.0. The monoisotopic (exact) mass is 594 g/mol. The smallest absolute Gasteiger partial charge is 0.251 e. The topological polar surface area (TPSA) is 92.2 Å². The molecule has 230 valence electrons. The van der Waals surface area contributed by atoms with Crippen LogP contribution in [0.3, 0.4) is 0 Å². The van der Waals surface area contributed by atoms with E-state index in [9.17, 15) is 4.79 Å². The highest BCUT2D eigenvalue weighted by Crippen LogP contribution is 2.33. The number of rotatable bonds is 11. The Hall–Kier alpha value is -4.66. The van der Waals surface area contributed by atoms with E-state index in [0.717, 1.165) is 85.3 Å². The van der Waals surface area contributed by atoms with Gasteiger partial charge in [0.05, 0.1) is 36.7 Å². The third-order valence-electron chi connectivity index (χ3n) is 8.19. The first kappa shape index (κ1) is 30.8. The minimum atomic E-state index is -0.210. The average molecular weight is 595 g/mol. The molecule has 9 heteroatoms. The van der Waals surface area contributed by atoms with Crippen molar-refractivity contribution in [3.05, 3.63) is 95.5 Å². The first-order chi connectivity index (χ1) is 21.4. The predicted molar refractivity (Wildman–Crippen MR) is 177 cm³/mol. The van der Waals surface area contributed by atoms with Crippen LogP contribution in [0.2, 0.25) is 0 Å². The SMILES string of the molecule is CC=CC=CCC1(C)Cc2ncnc(N3CCN(c4cc(C(=O)NCCc5cccc(OC)c5)ccc4OC)CC3)c2C=N1. The van der Waals surface area contributed by atoms with E-state index in [1.54, 1.807) is 20.5 Å². The molecule has 0 saturated carbocycles. The van der Waals surface area contributed by atoms with Crippen molar-refractivity contribution in [2.75, 3.05) is 56.7 Å². The Bertz CT molecular complexity index is 1540. The third-order valence-corrected chi connectivity index (χ3v) is 8.19. The number of hydrogen-bond donors (Lipinski definition) is 1. The fourth-order valence-corrected chi connectivity index (χ4v) is 5.70. The number of carbonyl (C=O) groups excluding carboxylic acids is 1. The number of aromatic nitrogens is 2. The Kier molecular flexibility index (Phi) is 9.94. The van der Waals surface area contributed by atoms with Crippen LogP contribution in [0.4, 0.5) is 11.5 Å². The number of nitrogens with zero attached hydrogens (tertiary/aromatic N) is 5. The number of carbonyl (C=O) groups is 1. The van der Waals surface area contributed by atoms with E-state index in [0.29, 0.717) is 12.1 Å². The second kappa shape index (κ2) is 14.2. The maximum atomic E-state index is 13.1. The summed E-state index contributed by atoms with van der Waals surface area (Å²) in [4.78, 5) is 31.9. The number of aliphatic imine (C=N–C) groups is 1. The molecule has 44 heavy (non-hydrogen) atoms. The van der Waals surface area contributed by atoms with Gasteiger partial charge in [0.2, 0.25) is 0 Å². The van der Waals surface area contributed by atoms with E-state index in [-0.39, 0.29) is 11.4 Å². The number of ether oxygens (including phenoxy) is 2. The van der Waals surface area contributed by atoms with Crippen molar-refractivity contribution < 1.29 is 14.3 Å². The summed E-state index contributed by atoms with van der Waals surface area (Å²) in [6, 6.07) is 13.5. The van der Waals surface area contributed by atoms with Crippen molar-refractivity contribution >= 4 is 23.6 Å². The lowest BCUT2D eigenvalue weighted by molar-refractivity contribution is 0.0954. The van der Waals surface area contributed by atoms with Gasteiger partial charge in [0.25, 0.3) is 5.91 Å². The second-order valence-corrected chi connectivity index (χ2v) is 11.4. The quantitative estimate of drug-likeness (QED) is 0.311. The molecule has 1 unspecified atom stereocenters. The molecule has 1 atom stereocenters. The van der Waals surface area contributed by atoms with Crippen LogP contribution in [-0.4, -0.2) is 74.6 Å². The number of benzene rings is 2. The molecule has 1 aromatic heterocycles. The highest BCUT2D eigenvalue weighted by Gasteiger charge is 2.31. The van der Waals surface area contributed by atoms with Gasteiger partial charge >= 0.3 is 0 Å². The summed E-state index contributed by atoms with van der Waals surface area (Å²) in [6.07, 6.45) is 14.3. The number of anilines is 2. The van der Waals surface area contributed by atoms with Crippen LogP contribution in [0.1, 0.15) is 47.4 Å². The second-order valence-electron chi connectivity index (χ2n) is 11.4. The number of hydrogen-bond acceptors (Lipinski definition) is 8. The van der Waals surface area contributed by atoms with Crippen molar-refractivity contribution in [2.45, 2.75) is 38.6 Å². The molecule has 0 bridgehead atoms. The zero-order valence-electron chi connectivity index (χ0n) is 26.1. The average Bonchev–Trinajstić information content (AvgIpc) is 3.06. The molecule has 2 aliphatic rings. The summed E-state index contributed by atoms with van der Waals surface area (Å²) in [6.45, 7) is 7.81. The molecule has 3 aromatic rings. The minimum Gasteiger partial charge on any atom is -0.497 e.